The number of rotatable bonds is 8. The van der Waals surface area contributed by atoms with Crippen molar-refractivity contribution >= 4 is 34.2 Å². The van der Waals surface area contributed by atoms with E-state index < -0.39 is 12.0 Å². The second kappa shape index (κ2) is 11.7. The molecule has 8 nitrogen and oxygen atoms in total. The van der Waals surface area contributed by atoms with Gasteiger partial charge in [-0.15, -0.1) is 6.42 Å². The van der Waals surface area contributed by atoms with Gasteiger partial charge in [-0.05, 0) is 55.0 Å². The summed E-state index contributed by atoms with van der Waals surface area (Å²) < 4.78 is 24.3. The molecule has 1 aliphatic heterocycles. The fraction of sp³-hybridized carbons (Fsp3) is 0.219. The van der Waals surface area contributed by atoms with Gasteiger partial charge >= 0.3 is 5.97 Å². The molecule has 41 heavy (non-hydrogen) atoms. The minimum absolute atomic E-state index is 0.0815. The number of benzene rings is 3. The molecule has 0 aliphatic carbocycles. The molecule has 9 heteroatoms. The number of thiazole rings is 1. The van der Waals surface area contributed by atoms with E-state index in [9.17, 15) is 9.59 Å². The van der Waals surface area contributed by atoms with Gasteiger partial charge < -0.3 is 18.9 Å². The third-order valence-corrected chi connectivity index (χ3v) is 7.75. The molecule has 0 fully saturated rings. The molecule has 5 rings (SSSR count). The van der Waals surface area contributed by atoms with Crippen LogP contribution >= 0.6 is 11.3 Å². The topological polar surface area (TPSA) is 88.3 Å². The molecular weight excluding hydrogens is 540 g/mol. The number of fused-ring (bicyclic) bond motifs is 2. The summed E-state index contributed by atoms with van der Waals surface area (Å²) in [6, 6.07) is 16.0. The Morgan fingerprint density at radius 2 is 1.90 bits per heavy atom. The SMILES string of the molecule is C#CCOc1ccc2ccccc2c1/C=c1\sc2n(c1=O)C(c1cc(OC)ccc1OC)C(C(=O)OCC)=C(C)N=2. The van der Waals surface area contributed by atoms with Crippen LogP contribution in [0, 0.1) is 12.3 Å². The number of ether oxygens (including phenoxy) is 4. The Labute approximate surface area is 240 Å². The monoisotopic (exact) mass is 568 g/mol. The summed E-state index contributed by atoms with van der Waals surface area (Å²) in [5.74, 6) is 3.53. The number of hydrogen-bond acceptors (Lipinski definition) is 8. The van der Waals surface area contributed by atoms with Crippen molar-refractivity contribution in [2.75, 3.05) is 27.4 Å². The highest BCUT2D eigenvalue weighted by Crippen LogP contribution is 2.38. The number of aromatic nitrogens is 1. The van der Waals surface area contributed by atoms with Crippen LogP contribution in [-0.4, -0.2) is 38.0 Å². The molecule has 0 radical (unpaired) electrons. The van der Waals surface area contributed by atoms with Gasteiger partial charge in [0.1, 0.15) is 29.9 Å². The predicted octanol–water partition coefficient (Wildman–Crippen LogP) is 3.98. The highest BCUT2D eigenvalue weighted by molar-refractivity contribution is 7.07. The third-order valence-electron chi connectivity index (χ3n) is 6.77. The van der Waals surface area contributed by atoms with Crippen LogP contribution in [0.5, 0.6) is 17.2 Å². The van der Waals surface area contributed by atoms with Gasteiger partial charge in [0.15, 0.2) is 4.80 Å². The van der Waals surface area contributed by atoms with Crippen molar-refractivity contribution in [3.8, 4) is 29.6 Å². The average Bonchev–Trinajstić information content (AvgIpc) is 3.29. The van der Waals surface area contributed by atoms with Crippen LogP contribution in [0.4, 0.5) is 0 Å². The molecule has 0 bridgehead atoms. The minimum Gasteiger partial charge on any atom is -0.497 e. The summed E-state index contributed by atoms with van der Waals surface area (Å²) in [4.78, 5) is 32.6. The Balaban J connectivity index is 1.81. The van der Waals surface area contributed by atoms with Gasteiger partial charge in [-0.2, -0.15) is 0 Å². The van der Waals surface area contributed by atoms with Gasteiger partial charge in [-0.25, -0.2) is 9.79 Å². The van der Waals surface area contributed by atoms with Crippen molar-refractivity contribution in [3.05, 3.63) is 96.7 Å². The van der Waals surface area contributed by atoms with Crippen LogP contribution in [0.25, 0.3) is 16.8 Å². The summed E-state index contributed by atoms with van der Waals surface area (Å²) in [6.45, 7) is 3.72. The Bertz CT molecular complexity index is 1910. The maximum atomic E-state index is 14.2. The largest absolute Gasteiger partial charge is 0.497 e. The molecule has 0 saturated carbocycles. The number of hydrogen-bond donors (Lipinski definition) is 0. The van der Waals surface area contributed by atoms with E-state index in [1.54, 1.807) is 45.2 Å². The first-order valence-electron chi connectivity index (χ1n) is 12.9. The Morgan fingerprint density at radius 3 is 2.63 bits per heavy atom. The van der Waals surface area contributed by atoms with E-state index in [-0.39, 0.29) is 24.3 Å². The van der Waals surface area contributed by atoms with Crippen LogP contribution in [0.2, 0.25) is 0 Å². The molecule has 0 amide bonds. The Hall–Kier alpha value is -4.81. The van der Waals surface area contributed by atoms with E-state index >= 15 is 0 Å². The zero-order valence-corrected chi connectivity index (χ0v) is 23.9. The molecule has 3 aromatic carbocycles. The third kappa shape index (κ3) is 5.10. The first kappa shape index (κ1) is 27.7. The van der Waals surface area contributed by atoms with E-state index in [2.05, 4.69) is 10.9 Å². The molecule has 208 valence electrons. The molecule has 0 spiro atoms. The first-order valence-corrected chi connectivity index (χ1v) is 13.7. The number of methoxy groups -OCH3 is 2. The Kier molecular flexibility index (Phi) is 7.95. The number of carbonyl (C=O) groups is 1. The number of terminal acetylenes is 1. The number of esters is 1. The smallest absolute Gasteiger partial charge is 0.338 e. The minimum atomic E-state index is -0.859. The van der Waals surface area contributed by atoms with E-state index in [1.807, 2.05) is 36.4 Å². The van der Waals surface area contributed by atoms with Gasteiger partial charge in [0.25, 0.3) is 5.56 Å². The molecule has 1 aliphatic rings. The zero-order chi connectivity index (χ0) is 29.1. The quantitative estimate of drug-likeness (QED) is 0.236. The van der Waals surface area contributed by atoms with Crippen molar-refractivity contribution < 1.29 is 23.7 Å². The highest BCUT2D eigenvalue weighted by Gasteiger charge is 2.35. The van der Waals surface area contributed by atoms with Gasteiger partial charge in [0, 0.05) is 11.1 Å². The lowest BCUT2D eigenvalue weighted by molar-refractivity contribution is -0.139. The van der Waals surface area contributed by atoms with Crippen molar-refractivity contribution in [2.24, 2.45) is 4.99 Å². The molecule has 0 saturated heterocycles. The van der Waals surface area contributed by atoms with Crippen LogP contribution in [0.1, 0.15) is 31.0 Å². The van der Waals surface area contributed by atoms with Crippen LogP contribution in [-0.2, 0) is 9.53 Å². The van der Waals surface area contributed by atoms with E-state index in [1.165, 1.54) is 23.0 Å². The molecule has 1 unspecified atom stereocenters. The highest BCUT2D eigenvalue weighted by atomic mass is 32.1. The lowest BCUT2D eigenvalue weighted by Gasteiger charge is -2.26. The van der Waals surface area contributed by atoms with Crippen LogP contribution in [0.15, 0.2) is 75.7 Å². The van der Waals surface area contributed by atoms with Crippen molar-refractivity contribution in [3.63, 3.8) is 0 Å². The standard InChI is InChI=1S/C32H28N2O6S/c1-6-16-40-26-14-12-20-10-8-9-11-22(20)23(26)18-27-30(35)34-29(24-17-21(37-4)13-15-25(24)38-5)28(31(36)39-7-2)19(3)33-32(34)41-27/h1,8-15,17-18,29H,7,16H2,2-5H3/b27-18-. The summed E-state index contributed by atoms with van der Waals surface area (Å²) >= 11 is 1.22. The van der Waals surface area contributed by atoms with Gasteiger partial charge in [-0.3, -0.25) is 9.36 Å². The molecule has 0 N–H and O–H groups in total. The summed E-state index contributed by atoms with van der Waals surface area (Å²) in [6.07, 6.45) is 7.25. The van der Waals surface area contributed by atoms with Gasteiger partial charge in [-0.1, -0.05) is 47.6 Å². The number of allylic oxidation sites excluding steroid dienone is 1. The van der Waals surface area contributed by atoms with E-state index in [4.69, 9.17) is 25.4 Å². The molecule has 1 aromatic heterocycles. The fourth-order valence-electron chi connectivity index (χ4n) is 4.94. The van der Waals surface area contributed by atoms with Crippen LogP contribution in [0.3, 0.4) is 0 Å². The maximum Gasteiger partial charge on any atom is 0.338 e. The van der Waals surface area contributed by atoms with Gasteiger partial charge in [0.05, 0.1) is 36.6 Å². The van der Waals surface area contributed by atoms with Crippen LogP contribution < -0.4 is 29.1 Å². The maximum absolute atomic E-state index is 14.2. The van der Waals surface area contributed by atoms with Crippen molar-refractivity contribution in [1.82, 2.24) is 4.57 Å². The lowest BCUT2D eigenvalue weighted by atomic mass is 9.94. The summed E-state index contributed by atoms with van der Waals surface area (Å²) in [5.41, 5.74) is 1.67. The summed E-state index contributed by atoms with van der Waals surface area (Å²) in [5, 5.41) is 1.89. The van der Waals surface area contributed by atoms with Gasteiger partial charge in [0.2, 0.25) is 0 Å². The van der Waals surface area contributed by atoms with Crippen molar-refractivity contribution in [2.45, 2.75) is 19.9 Å². The van der Waals surface area contributed by atoms with Crippen molar-refractivity contribution in [1.29, 1.82) is 0 Å². The second-order valence-corrected chi connectivity index (χ2v) is 10.1. The lowest BCUT2D eigenvalue weighted by Crippen LogP contribution is -2.40. The molecule has 1 atom stereocenters. The Morgan fingerprint density at radius 1 is 1.12 bits per heavy atom. The van der Waals surface area contributed by atoms with E-state index in [0.29, 0.717) is 37.8 Å². The average molecular weight is 569 g/mol. The molecular formula is C32H28N2O6S. The first-order chi connectivity index (χ1) is 19.9. The zero-order valence-electron chi connectivity index (χ0n) is 23.1. The second-order valence-electron chi connectivity index (χ2n) is 9.10. The fourth-order valence-corrected chi connectivity index (χ4v) is 5.97. The normalized spacial score (nSPS) is 14.7. The molecule has 2 heterocycles. The summed E-state index contributed by atoms with van der Waals surface area (Å²) in [7, 11) is 3.09. The van der Waals surface area contributed by atoms with E-state index in [0.717, 1.165) is 16.3 Å². The number of nitrogens with zero attached hydrogens (tertiary/aromatic N) is 2. The molecule has 4 aromatic rings. The predicted molar refractivity (Wildman–Crippen MR) is 158 cm³/mol. The number of carbonyl (C=O) groups excluding carboxylic acids is 1.